The molecule has 0 saturated heterocycles. The Balaban J connectivity index is 0. The molecule has 0 aliphatic heterocycles. The molecule has 0 fully saturated rings. The zero-order valence-electron chi connectivity index (χ0n) is 43.8. The number of nitrogens with two attached hydrogens (primary N) is 2. The third kappa shape index (κ3) is 33.1. The molecule has 0 radical (unpaired) electrons. The van der Waals surface area contributed by atoms with Gasteiger partial charge < -0.3 is 32.3 Å². The molecule has 72 heavy (non-hydrogen) atoms. The number of Topliss-reactive ketones (excluding diaryl/α,β-unsaturated/α-hetero) is 2. The number of hydrogen-bond acceptors (Lipinski definition) is 11. The fraction of sp³-hybridized carbons (Fsp3) is 0.596. The fourth-order valence-corrected chi connectivity index (χ4v) is 6.69. The van der Waals surface area contributed by atoms with E-state index < -0.39 is 32.6 Å². The number of urea groups is 1. The van der Waals surface area contributed by atoms with E-state index in [2.05, 4.69) is 101 Å². The molecule has 0 saturated carbocycles. The SMILES string of the molecule is C.CCC(=O)N[C@H](C(=O)CCC(=O)Nc1ccc(CC(C)C)cc1)C(C)C.CCC(=O)N[C@H](C(=O)C[C@@H](CCCNC(N)=O)C(=O)Nc1ccc(CC(C)C)cc1)C(C)C.[2H]P(B=N/N=N/N=N)N=N/N=N/N. The standard InChI is InChI=1S/C25H40N4O4.C21H32N2O3.CH4.BH4N10P/c1-6-22(31)29-23(17(4)5)21(30)15-19(8-7-13-27-25(26)33)24(32)28-20-11-9-18(10-12-20)14-16(2)3;1-6-19(25)23-21(15(4)5)18(24)11-12-20(26)22-17-9-7-16(8-10-17)13-14(2)3;;2-5-8-7-4-1-12-11-10-9-6-3/h9-12,16-17,19,23H,6-8,13-15H2,1-5H3,(H,28,32)(H,29,31)(H3,26,27,33);7-10,14-15,21H,6,11-13H2,1-5H3,(H,22,26)(H,23,25);1H4;2,12H,(H2,3,9,11)/b;;;5-2?,8-7+/t19-,23+;21-;;/m10../s1/i;;;12D. The maximum absolute atomic E-state index is 13.0. The first-order chi connectivity index (χ1) is 34.1. The summed E-state index contributed by atoms with van der Waals surface area (Å²) < 4.78 is 7.12. The Morgan fingerprint density at radius 2 is 1.19 bits per heavy atom. The van der Waals surface area contributed by atoms with Crippen LogP contribution in [0.2, 0.25) is 0 Å². The second-order valence-corrected chi connectivity index (χ2v) is 18.3. The number of hydrogen-bond donors (Lipinski definition) is 8. The summed E-state index contributed by atoms with van der Waals surface area (Å²) in [5.41, 5.74) is 15.1. The van der Waals surface area contributed by atoms with Gasteiger partial charge in [-0.3, -0.25) is 28.8 Å². The van der Waals surface area contributed by atoms with E-state index in [-0.39, 0.29) is 80.1 Å². The average molecular weight is 1020 g/mol. The van der Waals surface area contributed by atoms with E-state index in [1.165, 1.54) is 11.1 Å². The number of nitrogens with one attached hydrogen (secondary N) is 6. The molecule has 0 bridgehead atoms. The minimum absolute atomic E-state index is 0. The topological polar surface area (TPSA) is 354 Å². The van der Waals surface area contributed by atoms with Gasteiger partial charge in [0.05, 0.1) is 12.1 Å². The number of ketones is 2. The molecule has 2 aromatic rings. The van der Waals surface area contributed by atoms with Gasteiger partial charge in [0.2, 0.25) is 23.6 Å². The van der Waals surface area contributed by atoms with Crippen molar-refractivity contribution in [2.45, 2.75) is 147 Å². The van der Waals surface area contributed by atoms with Gasteiger partial charge in [-0.2, -0.15) is 0 Å². The summed E-state index contributed by atoms with van der Waals surface area (Å²) in [6, 6.07) is 13.7. The van der Waals surface area contributed by atoms with Gasteiger partial charge in [0.15, 0.2) is 11.6 Å². The molecule has 0 heterocycles. The van der Waals surface area contributed by atoms with Crippen LogP contribution in [0.25, 0.3) is 0 Å². The second kappa shape index (κ2) is 40.1. The summed E-state index contributed by atoms with van der Waals surface area (Å²) in [6.45, 7) is 21.0. The summed E-state index contributed by atoms with van der Waals surface area (Å²) in [6.07, 6.45) is 3.70. The zero-order chi connectivity index (χ0) is 54.6. The van der Waals surface area contributed by atoms with Crippen LogP contribution in [0.4, 0.5) is 16.2 Å². The normalized spacial score (nSPS) is 12.9. The van der Waals surface area contributed by atoms with Crippen molar-refractivity contribution >= 4 is 67.9 Å². The van der Waals surface area contributed by atoms with Crippen LogP contribution in [0.3, 0.4) is 0 Å². The molecule has 10 N–H and O–H groups in total. The van der Waals surface area contributed by atoms with Gasteiger partial charge in [-0.05, 0) is 84.7 Å². The van der Waals surface area contributed by atoms with Crippen LogP contribution in [0, 0.1) is 35.1 Å². The molecule has 0 aliphatic carbocycles. The predicted octanol–water partition coefficient (Wildman–Crippen LogP) is 9.15. The summed E-state index contributed by atoms with van der Waals surface area (Å²) in [7, 11) is -1.66. The second-order valence-electron chi connectivity index (χ2n) is 17.7. The molecule has 0 aliphatic rings. The van der Waals surface area contributed by atoms with Crippen molar-refractivity contribution in [3.8, 4) is 0 Å². The van der Waals surface area contributed by atoms with Crippen molar-refractivity contribution in [1.29, 1.82) is 6.81 Å². The number of benzene rings is 2. The van der Waals surface area contributed by atoms with Crippen molar-refractivity contribution in [2.75, 3.05) is 17.2 Å². The molecule has 0 spiro atoms. The van der Waals surface area contributed by atoms with Crippen LogP contribution >= 0.6 is 8.56 Å². The van der Waals surface area contributed by atoms with Crippen LogP contribution < -0.4 is 38.2 Å². The number of nitrogens with zero attached hydrogens (tertiary/aromatic N) is 8. The van der Waals surface area contributed by atoms with Crippen LogP contribution in [0.1, 0.15) is 133 Å². The van der Waals surface area contributed by atoms with E-state index in [1.54, 1.807) is 13.8 Å². The Labute approximate surface area is 428 Å². The van der Waals surface area contributed by atoms with E-state index in [1.807, 2.05) is 76.2 Å². The molecule has 398 valence electrons. The molecule has 23 nitrogen and oxygen atoms in total. The molecule has 2 aromatic carbocycles. The molecular formula is C47H80BN16O7P. The van der Waals surface area contributed by atoms with E-state index in [9.17, 15) is 33.6 Å². The van der Waals surface area contributed by atoms with Crippen molar-refractivity contribution in [1.82, 2.24) is 16.0 Å². The van der Waals surface area contributed by atoms with E-state index in [0.29, 0.717) is 43.3 Å². The third-order valence-electron chi connectivity index (χ3n) is 9.92. The van der Waals surface area contributed by atoms with Crippen molar-refractivity contribution in [3.05, 3.63) is 59.7 Å². The Morgan fingerprint density at radius 1 is 0.694 bits per heavy atom. The summed E-state index contributed by atoms with van der Waals surface area (Å²) in [5.74, 6) is 3.94. The first-order valence-electron chi connectivity index (χ1n) is 24.1. The number of rotatable bonds is 29. The summed E-state index contributed by atoms with van der Waals surface area (Å²) in [4.78, 5) is 88.2. The average Bonchev–Trinajstić information content (AvgIpc) is 3.32. The number of primary amides is 1. The Morgan fingerprint density at radius 3 is 1.64 bits per heavy atom. The van der Waals surface area contributed by atoms with Gasteiger partial charge in [0.1, 0.15) is 0 Å². The molecule has 6 amide bonds. The monoisotopic (exact) mass is 1020 g/mol. The fourth-order valence-electron chi connectivity index (χ4n) is 6.47. The third-order valence-corrected chi connectivity index (χ3v) is 10.3. The number of anilines is 2. The van der Waals surface area contributed by atoms with Crippen LogP contribution in [0.15, 0.2) is 89.8 Å². The number of carbonyl (C=O) groups is 7. The minimum atomic E-state index is -1.66. The molecule has 4 atom stereocenters. The predicted molar refractivity (Wildman–Crippen MR) is 283 cm³/mol. The molecule has 1 unspecified atom stereocenters. The van der Waals surface area contributed by atoms with Crippen molar-refractivity contribution in [3.63, 3.8) is 0 Å². The Hall–Kier alpha value is -6.58. The Bertz CT molecular complexity index is 2110. The maximum atomic E-state index is 13.0. The number of carbonyl (C=O) groups excluding carboxylic acids is 7. The molecular weight excluding hydrogens is 942 g/mol. The molecule has 2 rings (SSSR count). The first-order valence-corrected chi connectivity index (χ1v) is 24.5. The Kier molecular flexibility index (Phi) is 36.4. The molecule has 25 heteroatoms. The van der Waals surface area contributed by atoms with Gasteiger partial charge in [0.25, 0.3) is 0 Å². The van der Waals surface area contributed by atoms with Crippen molar-refractivity contribution < 1.29 is 33.6 Å². The van der Waals surface area contributed by atoms with E-state index in [4.69, 9.17) is 12.5 Å². The van der Waals surface area contributed by atoms with Crippen LogP contribution in [0.5, 0.6) is 0 Å². The van der Waals surface area contributed by atoms with Crippen molar-refractivity contribution in [2.24, 2.45) is 82.4 Å². The zero-order valence-corrected chi connectivity index (χ0v) is 43.7. The van der Waals surface area contributed by atoms with Gasteiger partial charge in [-0.1, -0.05) is 101 Å². The van der Waals surface area contributed by atoms with E-state index >= 15 is 0 Å². The van der Waals surface area contributed by atoms with E-state index in [0.717, 1.165) is 25.3 Å². The summed E-state index contributed by atoms with van der Waals surface area (Å²) in [5, 5.41) is 34.2. The van der Waals surface area contributed by atoms with Gasteiger partial charge in [-0.15, -0.1) is 0 Å². The summed E-state index contributed by atoms with van der Waals surface area (Å²) >= 11 is 0. The first kappa shape index (κ1) is 65.4. The van der Waals surface area contributed by atoms with Gasteiger partial charge in [0, 0.05) is 55.9 Å². The van der Waals surface area contributed by atoms with Crippen LogP contribution in [-0.4, -0.2) is 67.9 Å². The number of amides is 6. The molecule has 0 aromatic heterocycles. The quantitative estimate of drug-likeness (QED) is 0.00967. The van der Waals surface area contributed by atoms with Gasteiger partial charge in [-0.25, -0.2) is 4.79 Å². The van der Waals surface area contributed by atoms with Crippen LogP contribution in [-0.2, 0) is 41.6 Å². The van der Waals surface area contributed by atoms with Gasteiger partial charge >= 0.3 is 75.3 Å².